The van der Waals surface area contributed by atoms with Gasteiger partial charge in [-0.05, 0) is 74.8 Å². The number of hydrogen-bond acceptors (Lipinski definition) is 3. The lowest BCUT2D eigenvalue weighted by Gasteiger charge is -2.42. The summed E-state index contributed by atoms with van der Waals surface area (Å²) in [5.74, 6) is 1.90. The van der Waals surface area contributed by atoms with Gasteiger partial charge in [-0.1, -0.05) is 178 Å². The molecule has 0 radical (unpaired) electrons. The summed E-state index contributed by atoms with van der Waals surface area (Å²) in [7, 11) is -0.913. The van der Waals surface area contributed by atoms with Crippen molar-refractivity contribution in [3.63, 3.8) is 0 Å². The standard InChI is InChI=1S/C58H45N5Si/c1-58(2)49-32-14-17-35-52(49)63(57-54(58)55-48(39-59-57)47-31-13-16-34-51(47)62(55)41-22-7-4-8-23-41)42-24-20-30-46(38-42)64(43-25-9-5-10-26-43,44-27-11-6-12-28-44)45-29-19-21-40(37-45)56-60-50-33-15-18-36-53(50)61(56)3/h4-39H,1-3H3. The zero-order valence-electron chi connectivity index (χ0n) is 36.0. The Bertz CT molecular complexity index is 3510. The van der Waals surface area contributed by atoms with Crippen molar-refractivity contribution in [2.45, 2.75) is 19.3 Å². The molecule has 1 aliphatic rings. The maximum absolute atomic E-state index is 5.51. The number of aromatic nitrogens is 4. The van der Waals surface area contributed by atoms with Crippen molar-refractivity contribution in [2.24, 2.45) is 7.05 Å². The van der Waals surface area contributed by atoms with Crippen LogP contribution in [0.25, 0.3) is 49.9 Å². The van der Waals surface area contributed by atoms with E-state index in [1.165, 1.54) is 48.3 Å². The zero-order valence-corrected chi connectivity index (χ0v) is 37.0. The van der Waals surface area contributed by atoms with Crippen LogP contribution in [0.15, 0.2) is 219 Å². The first kappa shape index (κ1) is 37.9. The number of hydrogen-bond donors (Lipinski definition) is 0. The van der Waals surface area contributed by atoms with E-state index in [-0.39, 0.29) is 5.41 Å². The monoisotopic (exact) mass is 839 g/mol. The molecule has 0 atom stereocenters. The van der Waals surface area contributed by atoms with E-state index in [1.54, 1.807) is 0 Å². The summed E-state index contributed by atoms with van der Waals surface area (Å²) in [5.41, 5.74) is 11.0. The molecule has 0 spiro atoms. The highest BCUT2D eigenvalue weighted by atomic mass is 28.3. The van der Waals surface area contributed by atoms with Crippen LogP contribution in [0.4, 0.5) is 17.2 Å². The Morgan fingerprint density at radius 1 is 0.500 bits per heavy atom. The SMILES string of the molecule is Cn1c(-c2cccc([Si](c3ccccc3)(c3ccccc3)c3cccc(N4c5ccccc5C(C)(C)c5c4ncc4c6ccccc6n(-c6ccccc6)c54)c3)c2)nc2ccccc21. The minimum Gasteiger partial charge on any atom is -0.327 e. The van der Waals surface area contributed by atoms with Crippen molar-refractivity contribution in [3.8, 4) is 17.1 Å². The van der Waals surface area contributed by atoms with Gasteiger partial charge in [-0.2, -0.15) is 0 Å². The summed E-state index contributed by atoms with van der Waals surface area (Å²) >= 11 is 0. The fraction of sp³-hybridized carbons (Fsp3) is 0.0690. The van der Waals surface area contributed by atoms with E-state index in [9.17, 15) is 0 Å². The summed E-state index contributed by atoms with van der Waals surface area (Å²) in [6.45, 7) is 4.74. The van der Waals surface area contributed by atoms with Crippen LogP contribution < -0.4 is 25.6 Å². The molecule has 12 rings (SSSR count). The highest BCUT2D eigenvalue weighted by molar-refractivity contribution is 7.20. The van der Waals surface area contributed by atoms with Crippen LogP contribution in [0.5, 0.6) is 0 Å². The summed E-state index contributed by atoms with van der Waals surface area (Å²) in [4.78, 5) is 13.1. The van der Waals surface area contributed by atoms with E-state index < -0.39 is 8.07 Å². The number of anilines is 3. The second kappa shape index (κ2) is 14.7. The molecule has 0 N–H and O–H groups in total. The molecule has 0 aliphatic carbocycles. The van der Waals surface area contributed by atoms with Crippen molar-refractivity contribution in [2.75, 3.05) is 4.90 Å². The van der Waals surface area contributed by atoms with Crippen LogP contribution in [0.3, 0.4) is 0 Å². The quantitative estimate of drug-likeness (QED) is 0.119. The number of benzene rings is 8. The Morgan fingerprint density at radius 2 is 1.08 bits per heavy atom. The second-order valence-electron chi connectivity index (χ2n) is 17.5. The number of nitrogens with zero attached hydrogens (tertiary/aromatic N) is 5. The highest BCUT2D eigenvalue weighted by Gasteiger charge is 2.44. The van der Waals surface area contributed by atoms with Crippen molar-refractivity contribution >= 4 is 78.9 Å². The van der Waals surface area contributed by atoms with E-state index in [2.05, 4.69) is 253 Å². The van der Waals surface area contributed by atoms with Gasteiger partial charge in [0.1, 0.15) is 11.6 Å². The Morgan fingerprint density at radius 3 is 1.81 bits per heavy atom. The van der Waals surface area contributed by atoms with Gasteiger partial charge < -0.3 is 9.13 Å². The lowest BCUT2D eigenvalue weighted by Crippen LogP contribution is -2.74. The Labute approximate surface area is 374 Å². The van der Waals surface area contributed by atoms with Crippen LogP contribution in [0.2, 0.25) is 0 Å². The van der Waals surface area contributed by atoms with Gasteiger partial charge in [0.05, 0.1) is 27.8 Å². The van der Waals surface area contributed by atoms with Gasteiger partial charge in [-0.25, -0.2) is 9.97 Å². The zero-order chi connectivity index (χ0) is 43.0. The molecule has 11 aromatic rings. The number of para-hydroxylation sites is 5. The topological polar surface area (TPSA) is 38.9 Å². The summed E-state index contributed by atoms with van der Waals surface area (Å²) in [6, 6.07) is 77.8. The Hall–Kier alpha value is -7.80. The number of rotatable bonds is 7. The fourth-order valence-corrected chi connectivity index (χ4v) is 15.6. The van der Waals surface area contributed by atoms with Gasteiger partial charge in [0.2, 0.25) is 0 Å². The van der Waals surface area contributed by atoms with Crippen LogP contribution in [-0.2, 0) is 12.5 Å². The minimum absolute atomic E-state index is 0.379. The van der Waals surface area contributed by atoms with Crippen molar-refractivity contribution in [1.82, 2.24) is 19.1 Å². The molecule has 3 aromatic heterocycles. The molecule has 0 fully saturated rings. The maximum atomic E-state index is 5.51. The molecule has 1 aliphatic heterocycles. The molecule has 306 valence electrons. The number of pyridine rings is 1. The van der Waals surface area contributed by atoms with Gasteiger partial charge in [0.15, 0.2) is 8.07 Å². The molecule has 0 saturated heterocycles. The van der Waals surface area contributed by atoms with Crippen LogP contribution in [0, 0.1) is 0 Å². The Kier molecular flexibility index (Phi) is 8.68. The van der Waals surface area contributed by atoms with Gasteiger partial charge >= 0.3 is 0 Å². The van der Waals surface area contributed by atoms with Gasteiger partial charge in [0.25, 0.3) is 0 Å². The third-order valence-electron chi connectivity index (χ3n) is 13.7. The average molecular weight is 840 g/mol. The molecule has 0 unspecified atom stereocenters. The van der Waals surface area contributed by atoms with Crippen molar-refractivity contribution in [3.05, 3.63) is 230 Å². The third-order valence-corrected chi connectivity index (χ3v) is 18.4. The molecule has 8 aromatic carbocycles. The Balaban J connectivity index is 1.14. The molecule has 0 saturated carbocycles. The van der Waals surface area contributed by atoms with Gasteiger partial charge in [-0.15, -0.1) is 0 Å². The number of fused-ring (bicyclic) bond motifs is 7. The smallest absolute Gasteiger partial charge is 0.179 e. The molecule has 6 heteroatoms. The predicted molar refractivity (Wildman–Crippen MR) is 269 cm³/mol. The first-order valence-electron chi connectivity index (χ1n) is 22.1. The third kappa shape index (κ3) is 5.55. The summed E-state index contributed by atoms with van der Waals surface area (Å²) in [6.07, 6.45) is 2.11. The molecule has 0 bridgehead atoms. The van der Waals surface area contributed by atoms with Crippen LogP contribution in [-0.4, -0.2) is 27.2 Å². The molecule has 5 nitrogen and oxygen atoms in total. The number of imidazole rings is 1. The molecule has 0 amide bonds. The predicted octanol–water partition coefficient (Wildman–Crippen LogP) is 11.2. The van der Waals surface area contributed by atoms with Crippen molar-refractivity contribution < 1.29 is 0 Å². The summed E-state index contributed by atoms with van der Waals surface area (Å²) in [5, 5.41) is 7.55. The normalized spacial score (nSPS) is 13.3. The molecule has 4 heterocycles. The van der Waals surface area contributed by atoms with Crippen molar-refractivity contribution in [1.29, 1.82) is 0 Å². The molecular weight excluding hydrogens is 795 g/mol. The lowest BCUT2D eigenvalue weighted by molar-refractivity contribution is 0.631. The first-order valence-corrected chi connectivity index (χ1v) is 24.1. The first-order chi connectivity index (χ1) is 31.4. The molecule has 64 heavy (non-hydrogen) atoms. The highest BCUT2D eigenvalue weighted by Crippen LogP contribution is 2.54. The fourth-order valence-electron chi connectivity index (χ4n) is 10.8. The van der Waals surface area contributed by atoms with E-state index >= 15 is 0 Å². The minimum atomic E-state index is -3.03. The van der Waals surface area contributed by atoms with E-state index in [0.29, 0.717) is 0 Å². The molecular formula is C58H45N5Si. The van der Waals surface area contributed by atoms with E-state index in [1.807, 2.05) is 0 Å². The maximum Gasteiger partial charge on any atom is 0.179 e. The number of aryl methyl sites for hydroxylation is 1. The average Bonchev–Trinajstić information content (AvgIpc) is 3.87. The van der Waals surface area contributed by atoms with Crippen LogP contribution in [0.1, 0.15) is 25.0 Å². The van der Waals surface area contributed by atoms with Crippen LogP contribution >= 0.6 is 0 Å². The summed E-state index contributed by atoms with van der Waals surface area (Å²) < 4.78 is 4.67. The van der Waals surface area contributed by atoms with E-state index in [4.69, 9.17) is 9.97 Å². The lowest BCUT2D eigenvalue weighted by atomic mass is 9.74. The largest absolute Gasteiger partial charge is 0.327 e. The van der Waals surface area contributed by atoms with Gasteiger partial charge in [-0.3, -0.25) is 4.90 Å². The van der Waals surface area contributed by atoms with E-state index in [0.717, 1.165) is 50.7 Å². The second-order valence-corrected chi connectivity index (χ2v) is 21.3. The van der Waals surface area contributed by atoms with Gasteiger partial charge in [0, 0.05) is 51.9 Å².